The minimum atomic E-state index is -4.67. The largest absolute Gasteiger partial charge is 0.417 e. The van der Waals surface area contributed by atoms with Crippen LogP contribution >= 0.6 is 11.3 Å². The minimum absolute atomic E-state index is 0.0440. The Hall–Kier alpha value is -3.46. The summed E-state index contributed by atoms with van der Waals surface area (Å²) in [6.45, 7) is 0.748. The molecule has 2 aliphatic rings. The Morgan fingerprint density at radius 2 is 1.87 bits per heavy atom. The fraction of sp³-hybridized carbons (Fsp3) is 0.136. The van der Waals surface area contributed by atoms with Gasteiger partial charge >= 0.3 is 6.18 Å². The Kier molecular flexibility index (Phi) is 4.44. The molecule has 3 heterocycles. The van der Waals surface area contributed by atoms with Crippen molar-refractivity contribution in [1.82, 2.24) is 4.90 Å². The highest BCUT2D eigenvalue weighted by molar-refractivity contribution is 7.12. The molecule has 2 aliphatic heterocycles. The maximum absolute atomic E-state index is 14.2. The predicted molar refractivity (Wildman–Crippen MR) is 114 cm³/mol. The monoisotopic (exact) mass is 440 g/mol. The standard InChI is InChI=1S/C22H15F3N4OS/c23-22(24,25)14-11-13(12-5-2-1-3-6-12)16(19(26)30)18-17(14)21-27-8-9-29(21)20(28-18)15-7-4-10-31-15/h1-7,10-11H,8-9H2,(H2,26,30). The smallest absolute Gasteiger partial charge is 0.366 e. The van der Waals surface area contributed by atoms with Gasteiger partial charge in [-0.3, -0.25) is 9.79 Å². The number of thiophene rings is 1. The Labute approximate surface area is 179 Å². The average Bonchev–Trinajstić information content (AvgIpc) is 3.44. The summed E-state index contributed by atoms with van der Waals surface area (Å²) in [4.78, 5) is 23.9. The maximum Gasteiger partial charge on any atom is 0.417 e. The van der Waals surface area contributed by atoms with E-state index in [9.17, 15) is 18.0 Å². The zero-order valence-corrected chi connectivity index (χ0v) is 16.8. The van der Waals surface area contributed by atoms with E-state index >= 15 is 0 Å². The van der Waals surface area contributed by atoms with Crippen molar-refractivity contribution in [2.24, 2.45) is 15.7 Å². The summed E-state index contributed by atoms with van der Waals surface area (Å²) in [6, 6.07) is 13.1. The number of halogens is 3. The van der Waals surface area contributed by atoms with Gasteiger partial charge in [-0.2, -0.15) is 13.2 Å². The molecule has 0 bridgehead atoms. The molecule has 156 valence electrons. The second-order valence-electron chi connectivity index (χ2n) is 7.07. The lowest BCUT2D eigenvalue weighted by Gasteiger charge is -2.30. The van der Waals surface area contributed by atoms with Crippen molar-refractivity contribution >= 4 is 34.6 Å². The Bertz CT molecular complexity index is 1250. The molecule has 9 heteroatoms. The van der Waals surface area contributed by atoms with Crippen molar-refractivity contribution in [1.29, 1.82) is 0 Å². The van der Waals surface area contributed by atoms with Crippen LogP contribution in [0.25, 0.3) is 11.1 Å². The maximum atomic E-state index is 14.2. The molecule has 0 saturated carbocycles. The second kappa shape index (κ2) is 7.05. The number of nitrogens with two attached hydrogens (primary N) is 1. The van der Waals surface area contributed by atoms with E-state index in [4.69, 9.17) is 5.73 Å². The Morgan fingerprint density at radius 3 is 2.52 bits per heavy atom. The number of aliphatic imine (C=N–C) groups is 2. The summed E-state index contributed by atoms with van der Waals surface area (Å²) < 4.78 is 42.6. The number of hydrogen-bond acceptors (Lipinski definition) is 5. The van der Waals surface area contributed by atoms with E-state index in [0.717, 1.165) is 10.9 Å². The lowest BCUT2D eigenvalue weighted by molar-refractivity contribution is -0.137. The molecule has 0 saturated heterocycles. The zero-order valence-electron chi connectivity index (χ0n) is 16.0. The SMILES string of the molecule is NC(=O)c1c(-c2ccccc2)cc(C(F)(F)F)c2c1N=C(c1cccs1)N1CCN=C21. The molecule has 0 atom stereocenters. The molecular weight excluding hydrogens is 425 g/mol. The van der Waals surface area contributed by atoms with Gasteiger partial charge in [0.2, 0.25) is 0 Å². The quantitative estimate of drug-likeness (QED) is 0.642. The molecule has 0 fully saturated rings. The molecular formula is C22H15F3N4OS. The van der Waals surface area contributed by atoms with E-state index in [2.05, 4.69) is 9.98 Å². The highest BCUT2D eigenvalue weighted by Crippen LogP contribution is 2.46. The van der Waals surface area contributed by atoms with Crippen molar-refractivity contribution in [2.45, 2.75) is 6.18 Å². The normalized spacial score (nSPS) is 15.3. The molecule has 5 nitrogen and oxygen atoms in total. The minimum Gasteiger partial charge on any atom is -0.366 e. The molecule has 0 unspecified atom stereocenters. The average molecular weight is 440 g/mol. The van der Waals surface area contributed by atoms with E-state index in [1.165, 1.54) is 11.3 Å². The fourth-order valence-corrected chi connectivity index (χ4v) is 4.68. The summed E-state index contributed by atoms with van der Waals surface area (Å²) in [6.07, 6.45) is -4.67. The molecule has 1 aromatic heterocycles. The molecule has 31 heavy (non-hydrogen) atoms. The van der Waals surface area contributed by atoms with Crippen LogP contribution in [0.3, 0.4) is 0 Å². The van der Waals surface area contributed by atoms with Gasteiger partial charge in [0.1, 0.15) is 5.84 Å². The predicted octanol–water partition coefficient (Wildman–Crippen LogP) is 4.69. The van der Waals surface area contributed by atoms with E-state index in [-0.39, 0.29) is 28.2 Å². The summed E-state index contributed by atoms with van der Waals surface area (Å²) >= 11 is 1.41. The van der Waals surface area contributed by atoms with Crippen molar-refractivity contribution in [3.63, 3.8) is 0 Å². The number of fused-ring (bicyclic) bond motifs is 3. The van der Waals surface area contributed by atoms with Crippen LogP contribution in [0.5, 0.6) is 0 Å². The third-order valence-corrected chi connectivity index (χ3v) is 6.08. The lowest BCUT2D eigenvalue weighted by atomic mass is 9.89. The number of hydrogen-bond donors (Lipinski definition) is 1. The second-order valence-corrected chi connectivity index (χ2v) is 8.02. The van der Waals surface area contributed by atoms with Crippen LogP contribution < -0.4 is 5.73 Å². The third-order valence-electron chi connectivity index (χ3n) is 5.22. The summed E-state index contributed by atoms with van der Waals surface area (Å²) in [7, 11) is 0. The topological polar surface area (TPSA) is 71.1 Å². The highest BCUT2D eigenvalue weighted by Gasteiger charge is 2.43. The number of alkyl halides is 3. The van der Waals surface area contributed by atoms with Gasteiger partial charge in [0.25, 0.3) is 5.91 Å². The van der Waals surface area contributed by atoms with Crippen LogP contribution in [0.15, 0.2) is 63.9 Å². The number of nitrogens with zero attached hydrogens (tertiary/aromatic N) is 3. The van der Waals surface area contributed by atoms with Crippen LogP contribution in [0.2, 0.25) is 0 Å². The molecule has 3 aromatic rings. The summed E-state index contributed by atoms with van der Waals surface area (Å²) in [5, 5.41) is 1.86. The lowest BCUT2D eigenvalue weighted by Crippen LogP contribution is -2.39. The van der Waals surface area contributed by atoms with Crippen molar-refractivity contribution < 1.29 is 18.0 Å². The van der Waals surface area contributed by atoms with Gasteiger partial charge < -0.3 is 10.6 Å². The van der Waals surface area contributed by atoms with Gasteiger partial charge in [0.15, 0.2) is 5.84 Å². The molecule has 0 spiro atoms. The highest BCUT2D eigenvalue weighted by atomic mass is 32.1. The van der Waals surface area contributed by atoms with Crippen LogP contribution in [0, 0.1) is 0 Å². The first-order valence-corrected chi connectivity index (χ1v) is 10.3. The number of amidine groups is 2. The number of benzene rings is 2. The van der Waals surface area contributed by atoms with Crippen LogP contribution in [-0.4, -0.2) is 35.6 Å². The van der Waals surface area contributed by atoms with Gasteiger partial charge in [0.05, 0.1) is 33.8 Å². The Balaban J connectivity index is 1.92. The molecule has 2 aromatic carbocycles. The van der Waals surface area contributed by atoms with E-state index < -0.39 is 17.6 Å². The van der Waals surface area contributed by atoms with Gasteiger partial charge in [0, 0.05) is 6.54 Å². The molecule has 5 rings (SSSR count). The van der Waals surface area contributed by atoms with Gasteiger partial charge in [-0.15, -0.1) is 11.3 Å². The fourth-order valence-electron chi connectivity index (χ4n) is 3.95. The first-order valence-electron chi connectivity index (χ1n) is 9.44. The van der Waals surface area contributed by atoms with Crippen LogP contribution in [-0.2, 0) is 6.18 Å². The number of amides is 1. The van der Waals surface area contributed by atoms with Crippen LogP contribution in [0.1, 0.15) is 26.4 Å². The summed E-state index contributed by atoms with van der Waals surface area (Å²) in [5.41, 5.74) is 5.04. The van der Waals surface area contributed by atoms with E-state index in [1.807, 2.05) is 17.5 Å². The van der Waals surface area contributed by atoms with Crippen molar-refractivity contribution in [3.8, 4) is 11.1 Å². The first kappa shape index (κ1) is 19.5. The van der Waals surface area contributed by atoms with E-state index in [1.54, 1.807) is 35.2 Å². The molecule has 2 N–H and O–H groups in total. The third kappa shape index (κ3) is 3.12. The Morgan fingerprint density at radius 1 is 1.10 bits per heavy atom. The first-order chi connectivity index (χ1) is 14.9. The molecule has 1 amide bonds. The van der Waals surface area contributed by atoms with Crippen molar-refractivity contribution in [2.75, 3.05) is 13.1 Å². The van der Waals surface area contributed by atoms with Gasteiger partial charge in [-0.1, -0.05) is 36.4 Å². The number of carbonyl (C=O) groups excluding carboxylic acids is 1. The van der Waals surface area contributed by atoms with Gasteiger partial charge in [-0.05, 0) is 28.6 Å². The molecule has 0 radical (unpaired) electrons. The van der Waals surface area contributed by atoms with Crippen LogP contribution in [0.4, 0.5) is 18.9 Å². The number of carbonyl (C=O) groups is 1. The number of primary amides is 1. The summed E-state index contributed by atoms with van der Waals surface area (Å²) in [5.74, 6) is -0.201. The zero-order chi connectivity index (χ0) is 21.8. The van der Waals surface area contributed by atoms with Crippen molar-refractivity contribution in [3.05, 3.63) is 75.5 Å². The number of rotatable bonds is 3. The van der Waals surface area contributed by atoms with Gasteiger partial charge in [-0.25, -0.2) is 4.99 Å². The van der Waals surface area contributed by atoms with E-state index in [0.29, 0.717) is 24.5 Å². The molecule has 0 aliphatic carbocycles.